The highest BCUT2D eigenvalue weighted by molar-refractivity contribution is 9.10. The number of methoxy groups -OCH3 is 1. The van der Waals surface area contributed by atoms with Gasteiger partial charge in [-0.2, -0.15) is 0 Å². The van der Waals surface area contributed by atoms with Gasteiger partial charge in [-0.25, -0.2) is 0 Å². The number of rotatable bonds is 7. The zero-order chi connectivity index (χ0) is 11.0. The predicted octanol–water partition coefficient (Wildman–Crippen LogP) is 1.60. The molecule has 0 aromatic carbocycles. The quantitative estimate of drug-likeness (QED) is 0.396. The van der Waals surface area contributed by atoms with Crippen LogP contribution in [0.4, 0.5) is 0 Å². The van der Waals surface area contributed by atoms with Gasteiger partial charge in [0.05, 0.1) is 7.11 Å². The van der Waals surface area contributed by atoms with Crippen LogP contribution in [-0.2, 0) is 9.53 Å². The molecule has 0 aliphatic rings. The van der Waals surface area contributed by atoms with E-state index in [2.05, 4.69) is 33.8 Å². The molecule has 0 aromatic heterocycles. The zero-order valence-electron chi connectivity index (χ0n) is 8.41. The minimum atomic E-state index is -0.299. The normalized spacial score (nSPS) is 12.2. The van der Waals surface area contributed by atoms with Crippen LogP contribution in [0.5, 0.6) is 0 Å². The van der Waals surface area contributed by atoms with Crippen LogP contribution in [0, 0.1) is 0 Å². The molecule has 0 N–H and O–H groups in total. The van der Waals surface area contributed by atoms with Crippen molar-refractivity contribution in [2.45, 2.75) is 4.83 Å². The molecule has 0 amide bonds. The lowest BCUT2D eigenvalue weighted by molar-refractivity contribution is -0.140. The van der Waals surface area contributed by atoms with Crippen molar-refractivity contribution in [3.05, 3.63) is 25.3 Å². The Morgan fingerprint density at radius 1 is 1.50 bits per heavy atom. The van der Waals surface area contributed by atoms with Gasteiger partial charge in [0.15, 0.2) is 0 Å². The van der Waals surface area contributed by atoms with Crippen molar-refractivity contribution in [1.82, 2.24) is 4.90 Å². The maximum atomic E-state index is 11.1. The van der Waals surface area contributed by atoms with E-state index < -0.39 is 0 Å². The number of carbonyl (C=O) groups is 1. The van der Waals surface area contributed by atoms with Gasteiger partial charge in [-0.15, -0.1) is 13.2 Å². The highest BCUT2D eigenvalue weighted by atomic mass is 79.9. The smallest absolute Gasteiger partial charge is 0.320 e. The van der Waals surface area contributed by atoms with E-state index in [1.54, 1.807) is 12.2 Å². The van der Waals surface area contributed by atoms with Gasteiger partial charge in [0.1, 0.15) is 4.83 Å². The van der Waals surface area contributed by atoms with Crippen molar-refractivity contribution in [1.29, 1.82) is 0 Å². The van der Waals surface area contributed by atoms with Gasteiger partial charge in [-0.05, 0) is 0 Å². The van der Waals surface area contributed by atoms with Crippen LogP contribution in [-0.4, -0.2) is 42.4 Å². The largest absolute Gasteiger partial charge is 0.468 e. The monoisotopic (exact) mass is 261 g/mol. The molecule has 14 heavy (non-hydrogen) atoms. The summed E-state index contributed by atoms with van der Waals surface area (Å²) in [6.45, 7) is 9.34. The first-order valence-corrected chi connectivity index (χ1v) is 5.23. The van der Waals surface area contributed by atoms with Crippen LogP contribution < -0.4 is 0 Å². The summed E-state index contributed by atoms with van der Waals surface area (Å²) < 4.78 is 4.61. The molecule has 0 bridgehead atoms. The number of alkyl halides is 1. The summed E-state index contributed by atoms with van der Waals surface area (Å²) in [6, 6.07) is 0. The summed E-state index contributed by atoms with van der Waals surface area (Å²) in [5.74, 6) is -0.261. The van der Waals surface area contributed by atoms with Gasteiger partial charge in [-0.1, -0.05) is 28.1 Å². The molecule has 0 aromatic rings. The second kappa shape index (κ2) is 7.76. The van der Waals surface area contributed by atoms with E-state index in [-0.39, 0.29) is 10.8 Å². The number of hydrogen-bond donors (Lipinski definition) is 0. The molecular weight excluding hydrogens is 246 g/mol. The first kappa shape index (κ1) is 13.4. The Bertz CT molecular complexity index is 196. The maximum absolute atomic E-state index is 11.1. The van der Waals surface area contributed by atoms with E-state index in [1.807, 2.05) is 4.90 Å². The Labute approximate surface area is 93.5 Å². The van der Waals surface area contributed by atoms with Crippen molar-refractivity contribution < 1.29 is 9.53 Å². The summed E-state index contributed by atoms with van der Waals surface area (Å²) in [6.07, 6.45) is 3.58. The van der Waals surface area contributed by atoms with Gasteiger partial charge >= 0.3 is 5.97 Å². The molecule has 1 atom stereocenters. The van der Waals surface area contributed by atoms with Crippen molar-refractivity contribution in [3.63, 3.8) is 0 Å². The molecule has 0 aliphatic carbocycles. The van der Waals surface area contributed by atoms with E-state index in [0.717, 1.165) is 13.1 Å². The molecule has 0 fully saturated rings. The first-order chi connectivity index (χ1) is 6.65. The first-order valence-electron chi connectivity index (χ1n) is 4.31. The van der Waals surface area contributed by atoms with Crippen LogP contribution in [0.3, 0.4) is 0 Å². The lowest BCUT2D eigenvalue weighted by atomic mass is 10.3. The second-order valence-corrected chi connectivity index (χ2v) is 3.89. The standard InChI is InChI=1S/C10H16BrNO2/c1-4-6-12(7-5-2)8-9(11)10(13)14-3/h4-5,9H,1-2,6-8H2,3H3. The average Bonchev–Trinajstić information content (AvgIpc) is 2.17. The van der Waals surface area contributed by atoms with Gasteiger partial charge < -0.3 is 4.74 Å². The molecule has 0 aliphatic heterocycles. The molecule has 0 spiro atoms. The van der Waals surface area contributed by atoms with Gasteiger partial charge in [0.2, 0.25) is 0 Å². The Hall–Kier alpha value is -0.610. The van der Waals surface area contributed by atoms with Crippen molar-refractivity contribution >= 4 is 21.9 Å². The van der Waals surface area contributed by atoms with Crippen LogP contribution in [0.2, 0.25) is 0 Å². The number of esters is 1. The summed E-state index contributed by atoms with van der Waals surface area (Å²) in [7, 11) is 1.38. The molecule has 0 rings (SSSR count). The van der Waals surface area contributed by atoms with Gasteiger partial charge in [0, 0.05) is 19.6 Å². The summed E-state index contributed by atoms with van der Waals surface area (Å²) in [5, 5.41) is 0. The van der Waals surface area contributed by atoms with E-state index in [1.165, 1.54) is 7.11 Å². The number of ether oxygens (including phenoxy) is 1. The van der Waals surface area contributed by atoms with E-state index in [0.29, 0.717) is 6.54 Å². The van der Waals surface area contributed by atoms with E-state index in [4.69, 9.17) is 0 Å². The number of halogens is 1. The molecule has 0 saturated carbocycles. The lowest BCUT2D eigenvalue weighted by Gasteiger charge is -2.20. The zero-order valence-corrected chi connectivity index (χ0v) is 10.00. The summed E-state index contributed by atoms with van der Waals surface area (Å²) >= 11 is 3.26. The van der Waals surface area contributed by atoms with Gasteiger partial charge in [0.25, 0.3) is 0 Å². The highest BCUT2D eigenvalue weighted by Gasteiger charge is 2.17. The molecule has 80 valence electrons. The molecule has 3 nitrogen and oxygen atoms in total. The topological polar surface area (TPSA) is 29.5 Å². The van der Waals surface area contributed by atoms with E-state index in [9.17, 15) is 4.79 Å². The van der Waals surface area contributed by atoms with Crippen LogP contribution in [0.25, 0.3) is 0 Å². The van der Waals surface area contributed by atoms with Crippen LogP contribution >= 0.6 is 15.9 Å². The van der Waals surface area contributed by atoms with Gasteiger partial charge in [-0.3, -0.25) is 9.69 Å². The summed E-state index contributed by atoms with van der Waals surface area (Å²) in [4.78, 5) is 12.8. The number of hydrogen-bond acceptors (Lipinski definition) is 3. The Kier molecular flexibility index (Phi) is 7.42. The molecule has 0 radical (unpaired) electrons. The second-order valence-electron chi connectivity index (χ2n) is 2.79. The predicted molar refractivity (Wildman–Crippen MR) is 61.6 cm³/mol. The third-order valence-electron chi connectivity index (χ3n) is 1.65. The average molecular weight is 262 g/mol. The third kappa shape index (κ3) is 5.19. The molecular formula is C10H16BrNO2. The minimum Gasteiger partial charge on any atom is -0.468 e. The molecule has 4 heteroatoms. The minimum absolute atomic E-state index is 0.261. The third-order valence-corrected chi connectivity index (χ3v) is 2.31. The number of nitrogens with zero attached hydrogens (tertiary/aromatic N) is 1. The Balaban J connectivity index is 4.06. The summed E-state index contributed by atoms with van der Waals surface area (Å²) in [5.41, 5.74) is 0. The SMILES string of the molecule is C=CCN(CC=C)CC(Br)C(=O)OC. The number of carbonyl (C=O) groups excluding carboxylic acids is 1. The fourth-order valence-electron chi connectivity index (χ4n) is 1.02. The lowest BCUT2D eigenvalue weighted by Crippen LogP contribution is -2.34. The molecule has 1 unspecified atom stereocenters. The Morgan fingerprint density at radius 2 is 2.00 bits per heavy atom. The van der Waals surface area contributed by atoms with Crippen LogP contribution in [0.15, 0.2) is 25.3 Å². The fraction of sp³-hybridized carbons (Fsp3) is 0.500. The van der Waals surface area contributed by atoms with Crippen LogP contribution in [0.1, 0.15) is 0 Å². The molecule has 0 heterocycles. The van der Waals surface area contributed by atoms with Crippen molar-refractivity contribution in [2.24, 2.45) is 0 Å². The Morgan fingerprint density at radius 3 is 2.36 bits per heavy atom. The van der Waals surface area contributed by atoms with E-state index >= 15 is 0 Å². The molecule has 0 saturated heterocycles. The fourth-order valence-corrected chi connectivity index (χ4v) is 1.61. The van der Waals surface area contributed by atoms with Crippen molar-refractivity contribution in [3.8, 4) is 0 Å². The van der Waals surface area contributed by atoms with Crippen molar-refractivity contribution in [2.75, 3.05) is 26.7 Å². The maximum Gasteiger partial charge on any atom is 0.320 e. The highest BCUT2D eigenvalue weighted by Crippen LogP contribution is 2.05.